The van der Waals surface area contributed by atoms with Gasteiger partial charge in [0.1, 0.15) is 5.75 Å². The number of hydrogen-bond donors (Lipinski definition) is 2. The van der Waals surface area contributed by atoms with Gasteiger partial charge in [-0.05, 0) is 30.2 Å². The van der Waals surface area contributed by atoms with Gasteiger partial charge in [-0.25, -0.2) is 4.98 Å². The number of nitrogens with zero attached hydrogens (tertiary/aromatic N) is 2. The molecule has 1 atom stereocenters. The molecular formula is C23H26N4O2. The van der Waals surface area contributed by atoms with E-state index in [9.17, 15) is 4.79 Å². The van der Waals surface area contributed by atoms with Gasteiger partial charge < -0.3 is 10.1 Å². The Morgan fingerprint density at radius 1 is 1.17 bits per heavy atom. The van der Waals surface area contributed by atoms with E-state index in [2.05, 4.69) is 27.3 Å². The number of nitrogens with one attached hydrogen (secondary N) is 2. The van der Waals surface area contributed by atoms with Gasteiger partial charge in [-0.1, -0.05) is 42.5 Å². The minimum atomic E-state index is -0.0582. The molecule has 29 heavy (non-hydrogen) atoms. The van der Waals surface area contributed by atoms with Crippen LogP contribution in [0, 0.1) is 0 Å². The summed E-state index contributed by atoms with van der Waals surface area (Å²) >= 11 is 0. The van der Waals surface area contributed by atoms with Gasteiger partial charge in [-0.2, -0.15) is 0 Å². The first-order chi connectivity index (χ1) is 14.1. The van der Waals surface area contributed by atoms with E-state index in [0.29, 0.717) is 12.5 Å². The van der Waals surface area contributed by atoms with Crippen molar-refractivity contribution in [1.29, 1.82) is 0 Å². The Balaban J connectivity index is 1.46. The molecule has 1 unspecified atom stereocenters. The Bertz CT molecular complexity index is 1020. The van der Waals surface area contributed by atoms with Crippen molar-refractivity contribution in [2.75, 3.05) is 19.0 Å². The first-order valence-corrected chi connectivity index (χ1v) is 9.91. The van der Waals surface area contributed by atoms with E-state index in [1.807, 2.05) is 49.4 Å². The predicted molar refractivity (Wildman–Crippen MR) is 114 cm³/mol. The number of anilines is 1. The molecule has 2 N–H and O–H groups in total. The van der Waals surface area contributed by atoms with Crippen LogP contribution in [-0.4, -0.2) is 28.5 Å². The van der Waals surface area contributed by atoms with Gasteiger partial charge in [0.25, 0.3) is 5.56 Å². The van der Waals surface area contributed by atoms with Crippen molar-refractivity contribution in [3.63, 3.8) is 0 Å². The van der Waals surface area contributed by atoms with Gasteiger partial charge in [0.2, 0.25) is 5.95 Å². The smallest absolute Gasteiger partial charge is 0.257 e. The third-order valence-electron chi connectivity index (χ3n) is 5.37. The topological polar surface area (TPSA) is 70.2 Å². The fraction of sp³-hybridized carbons (Fsp3) is 0.304. The summed E-state index contributed by atoms with van der Waals surface area (Å²) in [4.78, 5) is 22.6. The van der Waals surface area contributed by atoms with Gasteiger partial charge >= 0.3 is 0 Å². The van der Waals surface area contributed by atoms with E-state index in [0.717, 1.165) is 42.1 Å². The minimum absolute atomic E-state index is 0.0141. The van der Waals surface area contributed by atoms with Gasteiger partial charge in [-0.15, -0.1) is 0 Å². The maximum absolute atomic E-state index is 12.7. The fourth-order valence-electron chi connectivity index (χ4n) is 3.71. The number of benzene rings is 2. The van der Waals surface area contributed by atoms with Gasteiger partial charge in [-0.3, -0.25) is 14.7 Å². The number of H-pyrrole nitrogens is 1. The lowest BCUT2D eigenvalue weighted by Gasteiger charge is -2.28. The van der Waals surface area contributed by atoms with Crippen LogP contribution in [0.15, 0.2) is 59.4 Å². The first kappa shape index (κ1) is 19.2. The molecule has 2 aromatic carbocycles. The number of rotatable bonds is 6. The highest BCUT2D eigenvalue weighted by atomic mass is 16.5. The molecule has 0 aliphatic carbocycles. The van der Waals surface area contributed by atoms with E-state index in [1.54, 1.807) is 7.11 Å². The Morgan fingerprint density at radius 2 is 1.93 bits per heavy atom. The van der Waals surface area contributed by atoms with Gasteiger partial charge in [0, 0.05) is 26.1 Å². The SMILES string of the molecule is COc1ccc(C(C)Nc2nc3c(c(=O)[nH]2)CN(Cc2ccccc2)CC3)cc1. The second-order valence-corrected chi connectivity index (χ2v) is 7.43. The molecule has 0 bridgehead atoms. The summed E-state index contributed by atoms with van der Waals surface area (Å²) in [6.07, 6.45) is 0.775. The monoisotopic (exact) mass is 390 g/mol. The van der Waals surface area contributed by atoms with Crippen molar-refractivity contribution in [2.45, 2.75) is 32.5 Å². The summed E-state index contributed by atoms with van der Waals surface area (Å²) < 4.78 is 5.21. The molecule has 2 heterocycles. The lowest BCUT2D eigenvalue weighted by Crippen LogP contribution is -2.35. The molecule has 1 aliphatic rings. The highest BCUT2D eigenvalue weighted by molar-refractivity contribution is 5.36. The standard InChI is InChI=1S/C23H26N4O2/c1-16(18-8-10-19(29-2)11-9-18)24-23-25-21-12-13-27(15-20(21)22(28)26-23)14-17-6-4-3-5-7-17/h3-11,16H,12-15H2,1-2H3,(H2,24,25,26,28). The molecule has 0 fully saturated rings. The molecule has 6 nitrogen and oxygen atoms in total. The molecule has 1 aromatic heterocycles. The maximum Gasteiger partial charge on any atom is 0.257 e. The largest absolute Gasteiger partial charge is 0.497 e. The zero-order valence-corrected chi connectivity index (χ0v) is 16.8. The Kier molecular flexibility index (Phi) is 5.62. The zero-order chi connectivity index (χ0) is 20.2. The summed E-state index contributed by atoms with van der Waals surface area (Å²) in [5, 5.41) is 3.32. The summed E-state index contributed by atoms with van der Waals surface area (Å²) in [7, 11) is 1.65. The summed E-state index contributed by atoms with van der Waals surface area (Å²) in [6, 6.07) is 18.2. The molecule has 150 valence electrons. The van der Waals surface area contributed by atoms with Crippen molar-refractivity contribution in [3.8, 4) is 5.75 Å². The van der Waals surface area contributed by atoms with Crippen LogP contribution >= 0.6 is 0 Å². The summed E-state index contributed by atoms with van der Waals surface area (Å²) in [5.74, 6) is 1.34. The quantitative estimate of drug-likeness (QED) is 0.674. The van der Waals surface area contributed by atoms with Crippen molar-refractivity contribution in [2.24, 2.45) is 0 Å². The van der Waals surface area contributed by atoms with Crippen molar-refractivity contribution in [1.82, 2.24) is 14.9 Å². The molecule has 4 rings (SSSR count). The average molecular weight is 390 g/mol. The Labute approximate surface area is 170 Å². The van der Waals surface area contributed by atoms with E-state index in [-0.39, 0.29) is 11.6 Å². The van der Waals surface area contributed by atoms with Crippen LogP contribution in [0.5, 0.6) is 5.75 Å². The molecule has 0 radical (unpaired) electrons. The average Bonchev–Trinajstić information content (AvgIpc) is 2.75. The van der Waals surface area contributed by atoms with Crippen LogP contribution in [0.2, 0.25) is 0 Å². The van der Waals surface area contributed by atoms with Crippen molar-refractivity contribution >= 4 is 5.95 Å². The minimum Gasteiger partial charge on any atom is -0.497 e. The van der Waals surface area contributed by atoms with Crippen LogP contribution in [0.4, 0.5) is 5.95 Å². The van der Waals surface area contributed by atoms with E-state index < -0.39 is 0 Å². The van der Waals surface area contributed by atoms with Crippen LogP contribution in [0.3, 0.4) is 0 Å². The summed E-state index contributed by atoms with van der Waals surface area (Å²) in [5.41, 5.74) is 3.96. The van der Waals surface area contributed by atoms with Crippen molar-refractivity contribution < 1.29 is 4.74 Å². The predicted octanol–water partition coefficient (Wildman–Crippen LogP) is 3.51. The number of fused-ring (bicyclic) bond motifs is 1. The summed E-state index contributed by atoms with van der Waals surface area (Å²) in [6.45, 7) is 4.41. The molecule has 6 heteroatoms. The number of aromatic amines is 1. The highest BCUT2D eigenvalue weighted by Gasteiger charge is 2.21. The molecule has 0 amide bonds. The molecule has 0 saturated heterocycles. The van der Waals surface area contributed by atoms with Gasteiger partial charge in [0.05, 0.1) is 24.4 Å². The van der Waals surface area contributed by atoms with Gasteiger partial charge in [0.15, 0.2) is 0 Å². The third kappa shape index (κ3) is 4.49. The molecule has 0 saturated carbocycles. The van der Waals surface area contributed by atoms with Crippen LogP contribution in [-0.2, 0) is 19.5 Å². The normalized spacial score (nSPS) is 14.8. The van der Waals surface area contributed by atoms with Crippen LogP contribution in [0.1, 0.15) is 35.3 Å². The maximum atomic E-state index is 12.7. The van der Waals surface area contributed by atoms with E-state index >= 15 is 0 Å². The fourth-order valence-corrected chi connectivity index (χ4v) is 3.71. The van der Waals surface area contributed by atoms with E-state index in [4.69, 9.17) is 9.72 Å². The number of hydrogen-bond acceptors (Lipinski definition) is 5. The lowest BCUT2D eigenvalue weighted by molar-refractivity contribution is 0.242. The number of aromatic nitrogens is 2. The lowest BCUT2D eigenvalue weighted by atomic mass is 10.1. The number of ether oxygens (including phenoxy) is 1. The zero-order valence-electron chi connectivity index (χ0n) is 16.8. The van der Waals surface area contributed by atoms with Crippen LogP contribution in [0.25, 0.3) is 0 Å². The Morgan fingerprint density at radius 3 is 2.66 bits per heavy atom. The molecular weight excluding hydrogens is 364 g/mol. The number of methoxy groups -OCH3 is 1. The van der Waals surface area contributed by atoms with E-state index in [1.165, 1.54) is 5.56 Å². The first-order valence-electron chi connectivity index (χ1n) is 9.91. The molecule has 1 aliphatic heterocycles. The second-order valence-electron chi connectivity index (χ2n) is 7.43. The third-order valence-corrected chi connectivity index (χ3v) is 5.37. The van der Waals surface area contributed by atoms with Crippen LogP contribution < -0.4 is 15.6 Å². The second kappa shape index (κ2) is 8.49. The molecule has 3 aromatic rings. The Hall–Kier alpha value is -3.12. The van der Waals surface area contributed by atoms with Crippen molar-refractivity contribution in [3.05, 3.63) is 87.3 Å². The highest BCUT2D eigenvalue weighted by Crippen LogP contribution is 2.21. The molecule has 0 spiro atoms.